The van der Waals surface area contributed by atoms with Crippen LogP contribution in [0.3, 0.4) is 0 Å². The molecule has 2 fully saturated rings. The summed E-state index contributed by atoms with van der Waals surface area (Å²) in [5, 5.41) is 11.2. The van der Waals surface area contributed by atoms with Crippen LogP contribution in [0.25, 0.3) is 0 Å². The Labute approximate surface area is 376 Å². The first-order chi connectivity index (χ1) is 31.6. The number of benzene rings is 6. The number of rotatable bonds is 22. The van der Waals surface area contributed by atoms with E-state index in [1.165, 1.54) is 0 Å². The predicted octanol–water partition coefficient (Wildman–Crippen LogP) is 8.98. The van der Waals surface area contributed by atoms with Gasteiger partial charge in [0.15, 0.2) is 12.6 Å². The van der Waals surface area contributed by atoms with Crippen molar-refractivity contribution in [3.63, 3.8) is 0 Å². The summed E-state index contributed by atoms with van der Waals surface area (Å²) in [4.78, 5) is 0. The molecule has 334 valence electrons. The van der Waals surface area contributed by atoms with E-state index in [9.17, 15) is 5.11 Å². The molecule has 0 radical (unpaired) electrons. The maximum absolute atomic E-state index is 11.2. The molecule has 0 aliphatic carbocycles. The third-order valence-electron chi connectivity index (χ3n) is 11.3. The van der Waals surface area contributed by atoms with Gasteiger partial charge < -0.3 is 47.7 Å². The normalized spacial score (nSPS) is 24.6. The van der Waals surface area contributed by atoms with Gasteiger partial charge in [0, 0.05) is 6.42 Å². The highest BCUT2D eigenvalue weighted by molar-refractivity contribution is 5.18. The zero-order valence-electron chi connectivity index (χ0n) is 36.0. The smallest absolute Gasteiger partial charge is 0.187 e. The second-order valence-corrected chi connectivity index (χ2v) is 16.1. The third kappa shape index (κ3) is 13.5. The van der Waals surface area contributed by atoms with Gasteiger partial charge in [-0.3, -0.25) is 0 Å². The number of hydrogen-bond acceptors (Lipinski definition) is 10. The van der Waals surface area contributed by atoms with Crippen LogP contribution in [0.4, 0.5) is 0 Å². The summed E-state index contributed by atoms with van der Waals surface area (Å²) < 4.78 is 60.7. The van der Waals surface area contributed by atoms with Crippen LogP contribution in [-0.2, 0) is 82.3 Å². The van der Waals surface area contributed by atoms with E-state index in [1.54, 1.807) is 0 Å². The van der Waals surface area contributed by atoms with Gasteiger partial charge >= 0.3 is 0 Å². The van der Waals surface area contributed by atoms with Gasteiger partial charge in [0.2, 0.25) is 0 Å². The van der Waals surface area contributed by atoms with Crippen molar-refractivity contribution in [1.82, 2.24) is 0 Å². The zero-order chi connectivity index (χ0) is 43.6. The van der Waals surface area contributed by atoms with Crippen LogP contribution >= 0.6 is 0 Å². The molecule has 0 aromatic heterocycles. The largest absolute Gasteiger partial charge is 0.374 e. The summed E-state index contributed by atoms with van der Waals surface area (Å²) in [7, 11) is 0. The van der Waals surface area contributed by atoms with Gasteiger partial charge in [0.1, 0.15) is 36.6 Å². The van der Waals surface area contributed by atoms with Gasteiger partial charge in [-0.25, -0.2) is 0 Å². The van der Waals surface area contributed by atoms with Crippen molar-refractivity contribution >= 4 is 0 Å². The molecule has 0 saturated carbocycles. The first-order valence-corrected chi connectivity index (χ1v) is 22.1. The van der Waals surface area contributed by atoms with Crippen LogP contribution in [0.15, 0.2) is 182 Å². The lowest BCUT2D eigenvalue weighted by Gasteiger charge is -2.48. The first kappa shape index (κ1) is 45.5. The molecule has 0 amide bonds. The summed E-state index contributed by atoms with van der Waals surface area (Å²) in [6.45, 7) is 2.12. The molecule has 2 aliphatic heterocycles. The molecule has 10 nitrogen and oxygen atoms in total. The van der Waals surface area contributed by atoms with Crippen LogP contribution in [0, 0.1) is 0 Å². The van der Waals surface area contributed by atoms with Crippen molar-refractivity contribution in [2.75, 3.05) is 13.2 Å². The molecule has 64 heavy (non-hydrogen) atoms. The molecule has 1 unspecified atom stereocenters. The van der Waals surface area contributed by atoms with Crippen LogP contribution in [0.1, 0.15) is 39.8 Å². The van der Waals surface area contributed by atoms with E-state index in [-0.39, 0.29) is 32.8 Å². The van der Waals surface area contributed by atoms with Gasteiger partial charge in [-0.2, -0.15) is 0 Å². The SMILES string of the molecule is OC1C[C@@H](OCc2ccccc2)[C@H](O[C@@H]2O[C@H](COCc3ccccc3)[C@H](OCc3ccccc3)[C@H](OCc3ccccc3)[C@H]2OCc2ccccc2)[C@@H](COCc2ccccc2)O1. The molecule has 2 heterocycles. The minimum atomic E-state index is -1.11. The highest BCUT2D eigenvalue weighted by Crippen LogP contribution is 2.35. The second-order valence-electron chi connectivity index (χ2n) is 16.1. The van der Waals surface area contributed by atoms with Crippen molar-refractivity contribution in [2.45, 2.75) is 101 Å². The third-order valence-corrected chi connectivity index (χ3v) is 11.3. The minimum absolute atomic E-state index is 0.116. The molecule has 6 aromatic rings. The molecule has 10 heteroatoms. The Morgan fingerprint density at radius 3 is 1.14 bits per heavy atom. The quantitative estimate of drug-likeness (QED) is 0.0712. The van der Waals surface area contributed by atoms with E-state index in [0.717, 1.165) is 33.4 Å². The molecule has 2 aliphatic rings. The topological polar surface area (TPSA) is 103 Å². The maximum Gasteiger partial charge on any atom is 0.187 e. The maximum atomic E-state index is 11.2. The number of ether oxygens (including phenoxy) is 9. The fourth-order valence-electron chi connectivity index (χ4n) is 8.04. The highest BCUT2D eigenvalue weighted by atomic mass is 16.7. The molecular weight excluding hydrogens is 809 g/mol. The molecule has 0 bridgehead atoms. The van der Waals surface area contributed by atoms with E-state index in [4.69, 9.17) is 42.6 Å². The first-order valence-electron chi connectivity index (χ1n) is 22.1. The minimum Gasteiger partial charge on any atom is -0.374 e. The molecular formula is C54H58O10. The Bertz CT molecular complexity index is 2170. The Balaban J connectivity index is 1.13. The van der Waals surface area contributed by atoms with Crippen molar-refractivity contribution < 1.29 is 47.7 Å². The molecule has 1 N–H and O–H groups in total. The number of aliphatic hydroxyl groups excluding tert-OH is 1. The van der Waals surface area contributed by atoms with Gasteiger partial charge in [-0.05, 0) is 33.4 Å². The predicted molar refractivity (Wildman–Crippen MR) is 241 cm³/mol. The monoisotopic (exact) mass is 866 g/mol. The summed E-state index contributed by atoms with van der Waals surface area (Å²) in [5.41, 5.74) is 5.99. The molecule has 6 aromatic carbocycles. The Kier molecular flexibility index (Phi) is 17.3. The zero-order valence-corrected chi connectivity index (χ0v) is 36.0. The highest BCUT2D eigenvalue weighted by Gasteiger charge is 2.52. The Morgan fingerprint density at radius 1 is 0.375 bits per heavy atom. The standard InChI is InChI=1S/C54H58O10/c55-49-31-46(58-34-42-23-11-3-12-24-42)50(47(62-49)38-56-32-40-19-7-1-8-20-40)64-54-53(61-37-45-29-17-6-18-30-45)52(60-36-44-27-15-5-16-28-44)51(59-35-43-25-13-4-14-26-43)48(63-54)39-57-33-41-21-9-2-10-22-41/h1-30,46-55H,31-39H2/t46-,47-,48-,49?,50+,51+,52+,53-,54+/m1/s1. The number of hydrogen-bond donors (Lipinski definition) is 1. The van der Waals surface area contributed by atoms with Crippen molar-refractivity contribution in [3.8, 4) is 0 Å². The van der Waals surface area contributed by atoms with Crippen molar-refractivity contribution in [3.05, 3.63) is 215 Å². The lowest BCUT2D eigenvalue weighted by Crippen LogP contribution is -2.64. The Hall–Kier alpha value is -5.08. The van der Waals surface area contributed by atoms with Crippen LogP contribution in [-0.4, -0.2) is 73.6 Å². The fourth-order valence-corrected chi connectivity index (χ4v) is 8.04. The average molecular weight is 867 g/mol. The van der Waals surface area contributed by atoms with Crippen LogP contribution in [0.5, 0.6) is 0 Å². The molecule has 8 rings (SSSR count). The lowest BCUT2D eigenvalue weighted by atomic mass is 9.96. The molecule has 0 spiro atoms. The molecule has 2 saturated heterocycles. The van der Waals surface area contributed by atoms with Crippen molar-refractivity contribution in [1.29, 1.82) is 0 Å². The lowest BCUT2D eigenvalue weighted by molar-refractivity contribution is -0.361. The van der Waals surface area contributed by atoms with Gasteiger partial charge in [0.25, 0.3) is 0 Å². The van der Waals surface area contributed by atoms with E-state index >= 15 is 0 Å². The van der Waals surface area contributed by atoms with Gasteiger partial charge in [0.05, 0.1) is 59.0 Å². The summed E-state index contributed by atoms with van der Waals surface area (Å²) in [5.74, 6) is 0. The van der Waals surface area contributed by atoms with E-state index in [1.807, 2.05) is 182 Å². The summed E-state index contributed by atoms with van der Waals surface area (Å²) in [6, 6.07) is 60.0. The van der Waals surface area contributed by atoms with E-state index in [0.29, 0.717) is 26.4 Å². The van der Waals surface area contributed by atoms with E-state index < -0.39 is 55.3 Å². The molecule has 9 atom stereocenters. The van der Waals surface area contributed by atoms with E-state index in [2.05, 4.69) is 0 Å². The van der Waals surface area contributed by atoms with Gasteiger partial charge in [-0.15, -0.1) is 0 Å². The van der Waals surface area contributed by atoms with Crippen molar-refractivity contribution in [2.24, 2.45) is 0 Å². The average Bonchev–Trinajstić information content (AvgIpc) is 3.34. The van der Waals surface area contributed by atoms with Crippen LogP contribution < -0.4 is 0 Å². The fraction of sp³-hybridized carbons (Fsp3) is 0.333. The summed E-state index contributed by atoms with van der Waals surface area (Å²) in [6.07, 6.45) is -6.94. The Morgan fingerprint density at radius 2 is 0.719 bits per heavy atom. The second kappa shape index (κ2) is 24.3. The van der Waals surface area contributed by atoms with Crippen LogP contribution in [0.2, 0.25) is 0 Å². The number of aliphatic hydroxyl groups is 1. The summed E-state index contributed by atoms with van der Waals surface area (Å²) >= 11 is 0. The van der Waals surface area contributed by atoms with Gasteiger partial charge in [-0.1, -0.05) is 182 Å².